The highest BCUT2D eigenvalue weighted by molar-refractivity contribution is 8.01. The summed E-state index contributed by atoms with van der Waals surface area (Å²) in [6, 6.07) is 0. The molecule has 0 amide bonds. The summed E-state index contributed by atoms with van der Waals surface area (Å²) < 4.78 is -0.549. The van der Waals surface area contributed by atoms with Crippen molar-refractivity contribution in [2.45, 2.75) is 37.4 Å². The maximum absolute atomic E-state index is 11.1. The molecule has 0 aromatic carbocycles. The summed E-state index contributed by atoms with van der Waals surface area (Å²) in [6.45, 7) is 5.91. The second kappa shape index (κ2) is 4.18. The average molecular weight is 200 g/mol. The summed E-state index contributed by atoms with van der Waals surface area (Å²) in [5.74, 6) is 0.313. The maximum Gasteiger partial charge on any atom is 0.320 e. The van der Waals surface area contributed by atoms with Gasteiger partial charge in [0.2, 0.25) is 0 Å². The van der Waals surface area contributed by atoms with Crippen molar-refractivity contribution in [2.24, 2.45) is 0 Å². The minimum Gasteiger partial charge on any atom is -0.480 e. The number of carboxylic acid groups (broad SMARTS) is 1. The van der Waals surface area contributed by atoms with E-state index in [1.807, 2.05) is 6.92 Å². The molecule has 74 valence electrons. The fraction of sp³-hybridized carbons (Fsp3) is 0.700. The van der Waals surface area contributed by atoms with Crippen molar-refractivity contribution in [3.8, 4) is 0 Å². The quantitative estimate of drug-likeness (QED) is 0.709. The summed E-state index contributed by atoms with van der Waals surface area (Å²) in [6.07, 6.45) is 3.35. The fourth-order valence-corrected chi connectivity index (χ4v) is 3.01. The van der Waals surface area contributed by atoms with Crippen LogP contribution in [0.25, 0.3) is 0 Å². The molecule has 0 aromatic heterocycles. The van der Waals surface area contributed by atoms with Crippen LogP contribution in [0.15, 0.2) is 12.2 Å². The van der Waals surface area contributed by atoms with Gasteiger partial charge in [-0.3, -0.25) is 4.79 Å². The number of aliphatic carboxylic acids is 1. The lowest BCUT2D eigenvalue weighted by atomic mass is 9.94. The van der Waals surface area contributed by atoms with Crippen LogP contribution in [0.1, 0.15) is 32.6 Å². The largest absolute Gasteiger partial charge is 0.480 e. The van der Waals surface area contributed by atoms with Gasteiger partial charge < -0.3 is 5.11 Å². The van der Waals surface area contributed by atoms with Gasteiger partial charge in [-0.1, -0.05) is 19.1 Å². The smallest absolute Gasteiger partial charge is 0.320 e. The topological polar surface area (TPSA) is 37.3 Å². The Morgan fingerprint density at radius 1 is 1.69 bits per heavy atom. The van der Waals surface area contributed by atoms with Crippen molar-refractivity contribution in [1.29, 1.82) is 0 Å². The van der Waals surface area contributed by atoms with E-state index in [2.05, 4.69) is 6.58 Å². The molecule has 0 saturated carbocycles. The highest BCUT2D eigenvalue weighted by Crippen LogP contribution is 2.43. The third-order valence-electron chi connectivity index (χ3n) is 2.53. The van der Waals surface area contributed by atoms with Crippen molar-refractivity contribution < 1.29 is 9.90 Å². The van der Waals surface area contributed by atoms with E-state index >= 15 is 0 Å². The number of rotatable bonds is 4. The highest BCUT2D eigenvalue weighted by Gasteiger charge is 2.42. The van der Waals surface area contributed by atoms with Crippen LogP contribution in [0.3, 0.4) is 0 Å². The Hall–Kier alpha value is -0.440. The van der Waals surface area contributed by atoms with Crippen LogP contribution in [0.4, 0.5) is 0 Å². The molecule has 2 nitrogen and oxygen atoms in total. The van der Waals surface area contributed by atoms with Gasteiger partial charge in [0.15, 0.2) is 0 Å². The molecule has 0 spiro atoms. The molecule has 1 atom stereocenters. The lowest BCUT2D eigenvalue weighted by Crippen LogP contribution is -2.32. The van der Waals surface area contributed by atoms with Crippen LogP contribution in [0.5, 0.6) is 0 Å². The Bertz CT molecular complexity index is 217. The molecule has 1 rings (SSSR count). The van der Waals surface area contributed by atoms with Gasteiger partial charge in [0.25, 0.3) is 0 Å². The number of thioether (sulfide) groups is 1. The number of carbonyl (C=O) groups is 1. The Labute approximate surface area is 83.4 Å². The van der Waals surface area contributed by atoms with E-state index in [1.165, 1.54) is 0 Å². The normalized spacial score (nSPS) is 27.5. The zero-order valence-electron chi connectivity index (χ0n) is 8.01. The van der Waals surface area contributed by atoms with Crippen LogP contribution in [-0.2, 0) is 4.79 Å². The van der Waals surface area contributed by atoms with E-state index in [9.17, 15) is 4.79 Å². The molecular weight excluding hydrogens is 184 g/mol. The number of hydrogen-bond donors (Lipinski definition) is 1. The Kier molecular flexibility index (Phi) is 3.42. The third-order valence-corrected chi connectivity index (χ3v) is 4.10. The Balaban J connectivity index is 2.68. The van der Waals surface area contributed by atoms with E-state index < -0.39 is 10.7 Å². The number of allylic oxidation sites excluding steroid dienone is 1. The lowest BCUT2D eigenvalue weighted by Gasteiger charge is -2.23. The van der Waals surface area contributed by atoms with Gasteiger partial charge in [0, 0.05) is 0 Å². The van der Waals surface area contributed by atoms with Gasteiger partial charge >= 0.3 is 5.97 Å². The van der Waals surface area contributed by atoms with Gasteiger partial charge in [0.1, 0.15) is 4.75 Å². The molecule has 1 saturated heterocycles. The molecule has 1 heterocycles. The minimum absolute atomic E-state index is 0.549. The molecule has 0 bridgehead atoms. The standard InChI is InChI=1S/C10H16O2S/c1-3-8(2)7-10(9(11)12)5-4-6-13-10/h2-7H2,1H3,(H,11,12). The summed E-state index contributed by atoms with van der Waals surface area (Å²) in [5.41, 5.74) is 1.05. The first-order valence-electron chi connectivity index (χ1n) is 4.65. The van der Waals surface area contributed by atoms with E-state index in [0.29, 0.717) is 6.42 Å². The third kappa shape index (κ3) is 2.27. The predicted molar refractivity (Wildman–Crippen MR) is 56.1 cm³/mol. The fourth-order valence-electron chi connectivity index (χ4n) is 1.61. The van der Waals surface area contributed by atoms with E-state index in [4.69, 9.17) is 5.11 Å². The van der Waals surface area contributed by atoms with Gasteiger partial charge in [0.05, 0.1) is 0 Å². The number of hydrogen-bond acceptors (Lipinski definition) is 2. The van der Waals surface area contributed by atoms with Crippen LogP contribution >= 0.6 is 11.8 Å². The van der Waals surface area contributed by atoms with Crippen molar-refractivity contribution in [3.63, 3.8) is 0 Å². The molecule has 0 aromatic rings. The second-order valence-electron chi connectivity index (χ2n) is 3.53. The molecule has 0 aliphatic carbocycles. The molecule has 1 unspecified atom stereocenters. The van der Waals surface area contributed by atoms with E-state index in [0.717, 1.165) is 30.6 Å². The minimum atomic E-state index is -0.662. The number of carboxylic acids is 1. The molecule has 1 N–H and O–H groups in total. The summed E-state index contributed by atoms with van der Waals surface area (Å²) >= 11 is 1.58. The van der Waals surface area contributed by atoms with Crippen molar-refractivity contribution in [3.05, 3.63) is 12.2 Å². The molecule has 1 fully saturated rings. The first-order chi connectivity index (χ1) is 6.10. The van der Waals surface area contributed by atoms with Gasteiger partial charge in [-0.05, 0) is 31.4 Å². The Morgan fingerprint density at radius 3 is 2.77 bits per heavy atom. The van der Waals surface area contributed by atoms with Crippen molar-refractivity contribution in [1.82, 2.24) is 0 Å². The first kappa shape index (κ1) is 10.6. The Morgan fingerprint density at radius 2 is 2.38 bits per heavy atom. The summed E-state index contributed by atoms with van der Waals surface area (Å²) in [5, 5.41) is 9.15. The van der Waals surface area contributed by atoms with Gasteiger partial charge in [-0.2, -0.15) is 0 Å². The van der Waals surface area contributed by atoms with E-state index in [1.54, 1.807) is 11.8 Å². The molecule has 1 aliphatic rings. The molecule has 13 heavy (non-hydrogen) atoms. The van der Waals surface area contributed by atoms with Gasteiger partial charge in [-0.15, -0.1) is 11.8 Å². The molecule has 1 aliphatic heterocycles. The highest BCUT2D eigenvalue weighted by atomic mass is 32.2. The second-order valence-corrected chi connectivity index (χ2v) is 5.01. The molecular formula is C10H16O2S. The van der Waals surface area contributed by atoms with E-state index in [-0.39, 0.29) is 0 Å². The maximum atomic E-state index is 11.1. The van der Waals surface area contributed by atoms with Crippen LogP contribution in [0, 0.1) is 0 Å². The SMILES string of the molecule is C=C(CC)CC1(C(=O)O)CCCS1. The summed E-state index contributed by atoms with van der Waals surface area (Å²) in [7, 11) is 0. The predicted octanol–water partition coefficient (Wildman–Crippen LogP) is 2.69. The van der Waals surface area contributed by atoms with Crippen LogP contribution in [-0.4, -0.2) is 21.6 Å². The van der Waals surface area contributed by atoms with Crippen molar-refractivity contribution in [2.75, 3.05) is 5.75 Å². The van der Waals surface area contributed by atoms with Crippen molar-refractivity contribution >= 4 is 17.7 Å². The summed E-state index contributed by atoms with van der Waals surface area (Å²) in [4.78, 5) is 11.1. The lowest BCUT2D eigenvalue weighted by molar-refractivity contribution is -0.139. The zero-order chi connectivity index (χ0) is 9.90. The average Bonchev–Trinajstić information content (AvgIpc) is 2.54. The van der Waals surface area contributed by atoms with Gasteiger partial charge in [-0.25, -0.2) is 0 Å². The zero-order valence-corrected chi connectivity index (χ0v) is 8.82. The molecule has 0 radical (unpaired) electrons. The first-order valence-corrected chi connectivity index (χ1v) is 5.63. The van der Waals surface area contributed by atoms with Crippen LogP contribution in [0.2, 0.25) is 0 Å². The van der Waals surface area contributed by atoms with Crippen LogP contribution < -0.4 is 0 Å². The monoisotopic (exact) mass is 200 g/mol. The molecule has 3 heteroatoms.